The van der Waals surface area contributed by atoms with Crippen LogP contribution in [0.25, 0.3) is 0 Å². The maximum Gasteiger partial charge on any atom is 0.289 e. The Bertz CT molecular complexity index is 838. The normalized spacial score (nSPS) is 20.3. The molecule has 1 aliphatic rings. The van der Waals surface area contributed by atoms with Gasteiger partial charge in [0, 0.05) is 19.0 Å². The number of primary sulfonamides is 1. The van der Waals surface area contributed by atoms with E-state index in [1.807, 2.05) is 30.3 Å². The van der Waals surface area contributed by atoms with Gasteiger partial charge in [-0.2, -0.15) is 0 Å². The first-order chi connectivity index (χ1) is 11.4. The fourth-order valence-corrected chi connectivity index (χ4v) is 3.56. The minimum absolute atomic E-state index is 0. The van der Waals surface area contributed by atoms with Crippen LogP contribution < -0.4 is 10.9 Å². The summed E-state index contributed by atoms with van der Waals surface area (Å²) in [6, 6.07) is 12.4. The van der Waals surface area contributed by atoms with E-state index in [4.69, 9.17) is 15.3 Å². The van der Waals surface area contributed by atoms with Crippen molar-refractivity contribution in [3.05, 3.63) is 53.8 Å². The number of rotatable bonds is 4. The van der Waals surface area contributed by atoms with Crippen LogP contribution in [0.4, 0.5) is 0 Å². The molecule has 0 saturated carbocycles. The Kier molecular flexibility index (Phi) is 5.89. The number of nitrogens with zero attached hydrogens (tertiary/aromatic N) is 1. The molecule has 1 aromatic heterocycles. The summed E-state index contributed by atoms with van der Waals surface area (Å²) in [6.45, 7) is 1.47. The van der Waals surface area contributed by atoms with Crippen LogP contribution in [0.3, 0.4) is 0 Å². The molecule has 2 heterocycles. The molecule has 2 atom stereocenters. The van der Waals surface area contributed by atoms with E-state index in [1.165, 1.54) is 12.1 Å². The van der Waals surface area contributed by atoms with Gasteiger partial charge in [0.15, 0.2) is 5.76 Å². The van der Waals surface area contributed by atoms with Crippen LogP contribution in [0.2, 0.25) is 0 Å². The molecule has 136 valence electrons. The van der Waals surface area contributed by atoms with Gasteiger partial charge in [0.25, 0.3) is 15.9 Å². The first kappa shape index (κ1) is 19.5. The zero-order valence-electron chi connectivity index (χ0n) is 13.4. The standard InChI is InChI=1S/C16H19N3O4S.ClH/c17-8-12-9-19(10-13(12)11-4-2-1-3-5-11)16(20)14-6-7-15(23-14)24(18,21)22;/h1-7,12-13H,8-10,17H2,(H2,18,21,22);1H/t12-,13+;/m1./s1. The van der Waals surface area contributed by atoms with Gasteiger partial charge in [-0.1, -0.05) is 30.3 Å². The van der Waals surface area contributed by atoms with Crippen molar-refractivity contribution in [2.24, 2.45) is 16.8 Å². The number of benzene rings is 1. The number of furan rings is 1. The minimum Gasteiger partial charge on any atom is -0.438 e. The van der Waals surface area contributed by atoms with Crippen LogP contribution in [0.15, 0.2) is 52.0 Å². The average Bonchev–Trinajstić information content (AvgIpc) is 3.22. The Morgan fingerprint density at radius 3 is 2.40 bits per heavy atom. The summed E-state index contributed by atoms with van der Waals surface area (Å²) in [5, 5.41) is 4.59. The summed E-state index contributed by atoms with van der Waals surface area (Å²) in [6.07, 6.45) is 0. The van der Waals surface area contributed by atoms with E-state index in [0.717, 1.165) is 5.56 Å². The molecular formula is C16H20ClN3O4S. The van der Waals surface area contributed by atoms with Crippen LogP contribution in [-0.4, -0.2) is 38.9 Å². The van der Waals surface area contributed by atoms with Crippen molar-refractivity contribution in [1.82, 2.24) is 4.90 Å². The van der Waals surface area contributed by atoms with Gasteiger partial charge in [0.1, 0.15) is 0 Å². The number of sulfonamides is 1. The van der Waals surface area contributed by atoms with Crippen LogP contribution >= 0.6 is 12.4 Å². The third-order valence-electron chi connectivity index (χ3n) is 4.33. The molecule has 3 rings (SSSR count). The van der Waals surface area contributed by atoms with E-state index >= 15 is 0 Å². The van der Waals surface area contributed by atoms with Crippen molar-refractivity contribution >= 4 is 28.3 Å². The van der Waals surface area contributed by atoms with Crippen molar-refractivity contribution in [3.63, 3.8) is 0 Å². The summed E-state index contributed by atoms with van der Waals surface area (Å²) in [5.41, 5.74) is 7.00. The second kappa shape index (κ2) is 7.57. The number of nitrogens with two attached hydrogens (primary N) is 2. The number of likely N-dealkylation sites (tertiary alicyclic amines) is 1. The van der Waals surface area contributed by atoms with Gasteiger partial charge >= 0.3 is 0 Å². The monoisotopic (exact) mass is 385 g/mol. The van der Waals surface area contributed by atoms with Gasteiger partial charge in [0.2, 0.25) is 5.09 Å². The molecule has 0 bridgehead atoms. The molecule has 1 aliphatic heterocycles. The molecule has 0 radical (unpaired) electrons. The van der Waals surface area contributed by atoms with E-state index in [2.05, 4.69) is 0 Å². The zero-order chi connectivity index (χ0) is 17.3. The highest BCUT2D eigenvalue weighted by atomic mass is 35.5. The molecule has 1 amide bonds. The lowest BCUT2D eigenvalue weighted by molar-refractivity contribution is 0.0749. The Morgan fingerprint density at radius 2 is 1.84 bits per heavy atom. The van der Waals surface area contributed by atoms with E-state index in [-0.39, 0.29) is 35.9 Å². The van der Waals surface area contributed by atoms with Crippen LogP contribution in [0, 0.1) is 5.92 Å². The maximum atomic E-state index is 12.6. The van der Waals surface area contributed by atoms with Gasteiger partial charge in [-0.15, -0.1) is 12.4 Å². The second-order valence-electron chi connectivity index (χ2n) is 5.89. The third-order valence-corrected chi connectivity index (χ3v) is 5.11. The van der Waals surface area contributed by atoms with Gasteiger partial charge in [-0.25, -0.2) is 13.6 Å². The predicted molar refractivity (Wildman–Crippen MR) is 95.0 cm³/mol. The number of halogens is 1. The van der Waals surface area contributed by atoms with Gasteiger partial charge in [-0.05, 0) is 30.2 Å². The third kappa shape index (κ3) is 4.04. The molecule has 9 heteroatoms. The van der Waals surface area contributed by atoms with E-state index < -0.39 is 15.1 Å². The van der Waals surface area contributed by atoms with Crippen molar-refractivity contribution in [3.8, 4) is 0 Å². The lowest BCUT2D eigenvalue weighted by Crippen LogP contribution is -2.29. The largest absolute Gasteiger partial charge is 0.438 e. The summed E-state index contributed by atoms with van der Waals surface area (Å²) >= 11 is 0. The SMILES string of the molecule is Cl.NC[C@@H]1CN(C(=O)c2ccc(S(N)(=O)=O)o2)C[C@H]1c1ccccc1. The fourth-order valence-electron chi connectivity index (χ4n) is 3.10. The van der Waals surface area contributed by atoms with Gasteiger partial charge < -0.3 is 15.1 Å². The number of hydrogen-bond donors (Lipinski definition) is 2. The smallest absolute Gasteiger partial charge is 0.289 e. The van der Waals surface area contributed by atoms with E-state index in [9.17, 15) is 13.2 Å². The summed E-state index contributed by atoms with van der Waals surface area (Å²) in [5.74, 6) is -0.109. The average molecular weight is 386 g/mol. The first-order valence-electron chi connectivity index (χ1n) is 7.57. The molecule has 1 fully saturated rings. The van der Waals surface area contributed by atoms with Crippen molar-refractivity contribution in [1.29, 1.82) is 0 Å². The quantitative estimate of drug-likeness (QED) is 0.818. The summed E-state index contributed by atoms with van der Waals surface area (Å²) in [7, 11) is -3.97. The van der Waals surface area contributed by atoms with Crippen LogP contribution in [0.5, 0.6) is 0 Å². The lowest BCUT2D eigenvalue weighted by Gasteiger charge is -2.16. The highest BCUT2D eigenvalue weighted by Crippen LogP contribution is 2.33. The molecular weight excluding hydrogens is 366 g/mol. The molecule has 7 nitrogen and oxygen atoms in total. The Labute approximate surface area is 152 Å². The Hall–Kier alpha value is -1.87. The van der Waals surface area contributed by atoms with Crippen LogP contribution in [0.1, 0.15) is 22.0 Å². The van der Waals surface area contributed by atoms with Crippen molar-refractivity contribution in [2.45, 2.75) is 11.0 Å². The first-order valence-corrected chi connectivity index (χ1v) is 9.11. The van der Waals surface area contributed by atoms with Gasteiger partial charge in [0.05, 0.1) is 0 Å². The topological polar surface area (TPSA) is 120 Å². The van der Waals surface area contributed by atoms with Crippen molar-refractivity contribution < 1.29 is 17.6 Å². The molecule has 0 spiro atoms. The molecule has 1 aromatic carbocycles. The number of amides is 1. The Morgan fingerprint density at radius 1 is 1.16 bits per heavy atom. The van der Waals surface area contributed by atoms with Crippen LogP contribution in [-0.2, 0) is 10.0 Å². The number of hydrogen-bond acceptors (Lipinski definition) is 5. The summed E-state index contributed by atoms with van der Waals surface area (Å²) in [4.78, 5) is 14.2. The molecule has 0 aliphatic carbocycles. The highest BCUT2D eigenvalue weighted by molar-refractivity contribution is 7.89. The maximum absolute atomic E-state index is 12.6. The predicted octanol–water partition coefficient (Wildman–Crippen LogP) is 1.16. The van der Waals surface area contributed by atoms with E-state index in [1.54, 1.807) is 4.90 Å². The Balaban J connectivity index is 0.00000225. The zero-order valence-corrected chi connectivity index (χ0v) is 15.0. The summed E-state index contributed by atoms with van der Waals surface area (Å²) < 4.78 is 27.6. The van der Waals surface area contributed by atoms with Crippen molar-refractivity contribution in [2.75, 3.05) is 19.6 Å². The molecule has 1 saturated heterocycles. The minimum atomic E-state index is -3.97. The number of carbonyl (C=O) groups excluding carboxylic acids is 1. The number of carbonyl (C=O) groups is 1. The lowest BCUT2D eigenvalue weighted by atomic mass is 9.89. The molecule has 4 N–H and O–H groups in total. The highest BCUT2D eigenvalue weighted by Gasteiger charge is 2.36. The van der Waals surface area contributed by atoms with E-state index in [0.29, 0.717) is 19.6 Å². The molecule has 2 aromatic rings. The fraction of sp³-hybridized carbons (Fsp3) is 0.312. The molecule has 25 heavy (non-hydrogen) atoms. The molecule has 0 unspecified atom stereocenters. The second-order valence-corrected chi connectivity index (χ2v) is 7.38. The van der Waals surface area contributed by atoms with Gasteiger partial charge in [-0.3, -0.25) is 4.79 Å².